The third kappa shape index (κ3) is 7.08. The fourth-order valence-corrected chi connectivity index (χ4v) is 2.34. The Morgan fingerprint density at radius 1 is 1.04 bits per heavy atom. The van der Waals surface area contributed by atoms with Crippen molar-refractivity contribution in [1.82, 2.24) is 5.32 Å². The quantitative estimate of drug-likeness (QED) is 0.730. The molecule has 0 fully saturated rings. The minimum Gasteiger partial charge on any atom is -0.497 e. The first-order valence-corrected chi connectivity index (χ1v) is 8.30. The third-order valence-electron chi connectivity index (χ3n) is 3.74. The predicted molar refractivity (Wildman–Crippen MR) is 95.9 cm³/mol. The highest BCUT2D eigenvalue weighted by atomic mass is 19.4. The van der Waals surface area contributed by atoms with Crippen molar-refractivity contribution in [2.24, 2.45) is 0 Å². The Morgan fingerprint density at radius 3 is 2.19 bits per heavy atom. The second-order valence-corrected chi connectivity index (χ2v) is 5.83. The van der Waals surface area contributed by atoms with Gasteiger partial charge in [0, 0.05) is 12.2 Å². The molecule has 0 aliphatic rings. The molecule has 0 spiro atoms. The van der Waals surface area contributed by atoms with E-state index < -0.39 is 12.4 Å². The summed E-state index contributed by atoms with van der Waals surface area (Å²) in [4.78, 5) is 12.1. The number of anilines is 1. The summed E-state index contributed by atoms with van der Waals surface area (Å²) in [5.74, 6) is 0.246. The van der Waals surface area contributed by atoms with E-state index in [4.69, 9.17) is 4.74 Å². The van der Waals surface area contributed by atoms with Crippen LogP contribution in [0.4, 0.5) is 18.9 Å². The number of amides is 1. The number of nitrogens with one attached hydrogen (secondary N) is 2. The molecule has 2 rings (SSSR count). The highest BCUT2D eigenvalue weighted by molar-refractivity contribution is 5.84. The molecule has 0 saturated heterocycles. The van der Waals surface area contributed by atoms with Crippen molar-refractivity contribution in [2.75, 3.05) is 19.0 Å². The largest absolute Gasteiger partial charge is 0.573 e. The number of carbonyl (C=O) groups excluding carboxylic acids is 1. The maximum atomic E-state index is 12.1. The van der Waals surface area contributed by atoms with Crippen LogP contribution in [0.3, 0.4) is 0 Å². The lowest BCUT2D eigenvalue weighted by Crippen LogP contribution is -2.38. The molecule has 0 aliphatic heterocycles. The number of halogens is 3. The third-order valence-corrected chi connectivity index (χ3v) is 3.74. The minimum atomic E-state index is -4.73. The number of hydrogen-bond donors (Lipinski definition) is 2. The molecule has 0 heterocycles. The van der Waals surface area contributed by atoms with Gasteiger partial charge in [-0.3, -0.25) is 4.79 Å². The molecule has 0 unspecified atom stereocenters. The highest BCUT2D eigenvalue weighted by Crippen LogP contribution is 2.24. The molecule has 1 atom stereocenters. The van der Waals surface area contributed by atoms with Gasteiger partial charge in [0.25, 0.3) is 0 Å². The van der Waals surface area contributed by atoms with Gasteiger partial charge in [0.15, 0.2) is 0 Å². The van der Waals surface area contributed by atoms with E-state index in [1.165, 1.54) is 24.3 Å². The Labute approximate surface area is 155 Å². The van der Waals surface area contributed by atoms with Crippen molar-refractivity contribution in [1.29, 1.82) is 0 Å². The zero-order valence-corrected chi connectivity index (χ0v) is 15.0. The molecule has 1 amide bonds. The van der Waals surface area contributed by atoms with Crippen LogP contribution in [-0.4, -0.2) is 32.0 Å². The molecule has 0 radical (unpaired) electrons. The molecule has 2 N–H and O–H groups in total. The highest BCUT2D eigenvalue weighted by Gasteiger charge is 2.30. The average Bonchev–Trinajstić information content (AvgIpc) is 2.62. The summed E-state index contributed by atoms with van der Waals surface area (Å²) >= 11 is 0. The van der Waals surface area contributed by atoms with Gasteiger partial charge in [-0.05, 0) is 55.3 Å². The van der Waals surface area contributed by atoms with Gasteiger partial charge in [0.2, 0.25) is 5.91 Å². The van der Waals surface area contributed by atoms with Crippen LogP contribution < -0.4 is 20.1 Å². The first kappa shape index (κ1) is 20.4. The van der Waals surface area contributed by atoms with E-state index in [0.717, 1.165) is 11.3 Å². The Balaban J connectivity index is 1.77. The monoisotopic (exact) mass is 382 g/mol. The zero-order valence-electron chi connectivity index (χ0n) is 15.0. The summed E-state index contributed by atoms with van der Waals surface area (Å²) < 4.78 is 45.3. The molecule has 8 heteroatoms. The van der Waals surface area contributed by atoms with Crippen LogP contribution in [0.5, 0.6) is 11.5 Å². The van der Waals surface area contributed by atoms with Crippen LogP contribution in [0, 0.1) is 0 Å². The summed E-state index contributed by atoms with van der Waals surface area (Å²) in [6.45, 7) is 2.14. The van der Waals surface area contributed by atoms with Gasteiger partial charge in [0.1, 0.15) is 17.5 Å². The number of rotatable bonds is 8. The molecule has 0 aliphatic carbocycles. The maximum absolute atomic E-state index is 12.1. The molecule has 0 bridgehead atoms. The van der Waals surface area contributed by atoms with E-state index in [1.54, 1.807) is 14.0 Å². The summed E-state index contributed by atoms with van der Waals surface area (Å²) in [6, 6.07) is 12.2. The van der Waals surface area contributed by atoms with Gasteiger partial charge in [-0.1, -0.05) is 12.1 Å². The van der Waals surface area contributed by atoms with Gasteiger partial charge in [-0.25, -0.2) is 0 Å². The SMILES string of the molecule is COc1ccc(CCNC(=O)[C@H](C)Nc2ccc(OC(F)(F)F)cc2)cc1. The van der Waals surface area contributed by atoms with E-state index in [1.807, 2.05) is 24.3 Å². The zero-order chi connectivity index (χ0) is 19.9. The summed E-state index contributed by atoms with van der Waals surface area (Å²) in [6.07, 6.45) is -4.06. The van der Waals surface area contributed by atoms with Gasteiger partial charge in [-0.2, -0.15) is 0 Å². The second kappa shape index (κ2) is 9.16. The number of benzene rings is 2. The smallest absolute Gasteiger partial charge is 0.497 e. The second-order valence-electron chi connectivity index (χ2n) is 5.83. The standard InChI is InChI=1S/C19H21F3N2O3/c1-13(24-15-5-9-17(10-6-15)27-19(20,21)22)18(25)23-12-11-14-3-7-16(26-2)8-4-14/h3-10,13,24H,11-12H2,1-2H3,(H,23,25)/t13-/m0/s1. The van der Waals surface area contributed by atoms with Crippen LogP contribution in [0.25, 0.3) is 0 Å². The van der Waals surface area contributed by atoms with Crippen molar-refractivity contribution in [3.8, 4) is 11.5 Å². The first-order valence-electron chi connectivity index (χ1n) is 8.30. The lowest BCUT2D eigenvalue weighted by Gasteiger charge is -2.16. The Kier molecular flexibility index (Phi) is 6.92. The average molecular weight is 382 g/mol. The van der Waals surface area contributed by atoms with Crippen LogP contribution in [0.2, 0.25) is 0 Å². The molecule has 0 saturated carbocycles. The first-order chi connectivity index (χ1) is 12.8. The number of hydrogen-bond acceptors (Lipinski definition) is 4. The fourth-order valence-electron chi connectivity index (χ4n) is 2.34. The summed E-state index contributed by atoms with van der Waals surface area (Å²) in [5.41, 5.74) is 1.58. The number of ether oxygens (including phenoxy) is 2. The van der Waals surface area contributed by atoms with Crippen LogP contribution in [0.15, 0.2) is 48.5 Å². The van der Waals surface area contributed by atoms with Gasteiger partial charge >= 0.3 is 6.36 Å². The van der Waals surface area contributed by atoms with Crippen molar-refractivity contribution in [3.05, 3.63) is 54.1 Å². The van der Waals surface area contributed by atoms with E-state index in [9.17, 15) is 18.0 Å². The van der Waals surface area contributed by atoms with E-state index in [2.05, 4.69) is 15.4 Å². The van der Waals surface area contributed by atoms with E-state index >= 15 is 0 Å². The lowest BCUT2D eigenvalue weighted by molar-refractivity contribution is -0.274. The fraction of sp³-hybridized carbons (Fsp3) is 0.316. The summed E-state index contributed by atoms with van der Waals surface area (Å²) in [5, 5.41) is 5.75. The minimum absolute atomic E-state index is 0.209. The van der Waals surface area contributed by atoms with Crippen LogP contribution in [-0.2, 0) is 11.2 Å². The topological polar surface area (TPSA) is 59.6 Å². The molecule has 5 nitrogen and oxygen atoms in total. The molecule has 27 heavy (non-hydrogen) atoms. The van der Waals surface area contributed by atoms with Gasteiger partial charge < -0.3 is 20.1 Å². The molecular weight excluding hydrogens is 361 g/mol. The molecular formula is C19H21F3N2O3. The normalized spacial score (nSPS) is 12.2. The van der Waals surface area contributed by atoms with Crippen molar-refractivity contribution < 1.29 is 27.4 Å². The Morgan fingerprint density at radius 2 is 1.63 bits per heavy atom. The number of methoxy groups -OCH3 is 1. The molecule has 2 aromatic rings. The van der Waals surface area contributed by atoms with Crippen LogP contribution >= 0.6 is 0 Å². The van der Waals surface area contributed by atoms with E-state index in [0.29, 0.717) is 18.7 Å². The molecule has 146 valence electrons. The Hall–Kier alpha value is -2.90. The van der Waals surface area contributed by atoms with Crippen molar-refractivity contribution >= 4 is 11.6 Å². The predicted octanol–water partition coefficient (Wildman–Crippen LogP) is 3.75. The van der Waals surface area contributed by atoms with Crippen molar-refractivity contribution in [3.63, 3.8) is 0 Å². The van der Waals surface area contributed by atoms with E-state index in [-0.39, 0.29) is 11.7 Å². The number of carbonyl (C=O) groups is 1. The molecule has 2 aromatic carbocycles. The molecule has 0 aromatic heterocycles. The summed E-state index contributed by atoms with van der Waals surface area (Å²) in [7, 11) is 1.60. The lowest BCUT2D eigenvalue weighted by atomic mass is 10.1. The Bertz CT molecular complexity index is 731. The van der Waals surface area contributed by atoms with Crippen molar-refractivity contribution in [2.45, 2.75) is 25.7 Å². The van der Waals surface area contributed by atoms with Crippen LogP contribution in [0.1, 0.15) is 12.5 Å². The van der Waals surface area contributed by atoms with Gasteiger partial charge in [0.05, 0.1) is 7.11 Å². The van der Waals surface area contributed by atoms with Gasteiger partial charge in [-0.15, -0.1) is 13.2 Å². The maximum Gasteiger partial charge on any atom is 0.573 e. The number of alkyl halides is 3.